The van der Waals surface area contributed by atoms with Crippen LogP contribution in [0.3, 0.4) is 0 Å². The molecule has 3 N–H and O–H groups in total. The number of benzene rings is 2. The first-order chi connectivity index (χ1) is 13.2. The normalized spacial score (nSPS) is 12.7. The van der Waals surface area contributed by atoms with Crippen LogP contribution in [0.5, 0.6) is 5.75 Å². The zero-order valence-corrected chi connectivity index (χ0v) is 19.0. The van der Waals surface area contributed by atoms with Crippen LogP contribution in [-0.2, 0) is 20.0 Å². The Morgan fingerprint density at radius 1 is 1.03 bits per heavy atom. The molecule has 0 heterocycles. The summed E-state index contributed by atoms with van der Waals surface area (Å²) >= 11 is 6.02. The number of halogens is 1. The fraction of sp³-hybridized carbons (Fsp3) is 0.368. The highest BCUT2D eigenvalue weighted by molar-refractivity contribution is 7.93. The van der Waals surface area contributed by atoms with Crippen LogP contribution in [-0.4, -0.2) is 28.5 Å². The first-order valence-corrected chi connectivity index (χ1v) is 12.2. The number of phenols is 1. The van der Waals surface area contributed by atoms with Crippen molar-refractivity contribution in [1.29, 1.82) is 0 Å². The molecule has 0 atom stereocenters. The van der Waals surface area contributed by atoms with Gasteiger partial charge in [0.1, 0.15) is 10.6 Å². The first-order valence-electron chi connectivity index (χ1n) is 8.83. The van der Waals surface area contributed by atoms with Crippen LogP contribution in [0, 0.1) is 12.3 Å². The van der Waals surface area contributed by atoms with E-state index in [1.165, 1.54) is 0 Å². The summed E-state index contributed by atoms with van der Waals surface area (Å²) in [5.74, 6) is -0.536. The number of phenolic OH excluding ortho intramolecular Hbond substituents is 1. The number of nitrogens with one attached hydrogen (secondary N) is 2. The molecule has 0 saturated heterocycles. The van der Waals surface area contributed by atoms with Gasteiger partial charge in [-0.25, -0.2) is 21.6 Å². The van der Waals surface area contributed by atoms with E-state index < -0.39 is 30.7 Å². The molecule has 2 aromatic rings. The van der Waals surface area contributed by atoms with Gasteiger partial charge in [0, 0.05) is 11.6 Å². The Bertz CT molecular complexity index is 1110. The van der Waals surface area contributed by atoms with Crippen LogP contribution in [0.1, 0.15) is 32.8 Å². The van der Waals surface area contributed by atoms with Gasteiger partial charge in [0.15, 0.2) is 0 Å². The molecular formula is C19H25ClN2O5S2. The van der Waals surface area contributed by atoms with Crippen molar-refractivity contribution in [2.45, 2.75) is 43.9 Å². The molecule has 29 heavy (non-hydrogen) atoms. The lowest BCUT2D eigenvalue weighted by Gasteiger charge is -2.18. The summed E-state index contributed by atoms with van der Waals surface area (Å²) in [6, 6.07) is 7.87. The molecule has 10 heteroatoms. The number of anilines is 1. The quantitative estimate of drug-likeness (QED) is 0.580. The Labute approximate surface area is 177 Å². The molecule has 0 radical (unpaired) electrons. The van der Waals surface area contributed by atoms with Crippen molar-refractivity contribution in [2.24, 2.45) is 5.41 Å². The summed E-state index contributed by atoms with van der Waals surface area (Å²) in [6.07, 6.45) is 0.570. The van der Waals surface area contributed by atoms with E-state index in [4.69, 9.17) is 11.6 Å². The standard InChI is InChI=1S/C19H25ClN2O5S2/c1-13-15(20)6-5-7-16(13)22-28(24,25)14-8-9-17(23)18(12-14)29(26,27)21-11-10-19(2,3)4/h5-9,12,21-23H,10-11H2,1-4H3. The van der Waals surface area contributed by atoms with Crippen molar-refractivity contribution in [3.8, 4) is 5.75 Å². The van der Waals surface area contributed by atoms with Gasteiger partial charge >= 0.3 is 0 Å². The Hall–Kier alpha value is -1.81. The maximum absolute atomic E-state index is 12.8. The molecule has 0 saturated carbocycles. The summed E-state index contributed by atoms with van der Waals surface area (Å²) in [5.41, 5.74) is 0.723. The molecule has 0 unspecified atom stereocenters. The van der Waals surface area contributed by atoms with Crippen LogP contribution in [0.15, 0.2) is 46.2 Å². The van der Waals surface area contributed by atoms with Gasteiger partial charge in [-0.05, 0) is 54.7 Å². The molecule has 2 aromatic carbocycles. The van der Waals surface area contributed by atoms with Gasteiger partial charge < -0.3 is 5.11 Å². The van der Waals surface area contributed by atoms with Gasteiger partial charge in [0.2, 0.25) is 10.0 Å². The van der Waals surface area contributed by atoms with Crippen molar-refractivity contribution in [3.63, 3.8) is 0 Å². The molecule has 0 spiro atoms. The van der Waals surface area contributed by atoms with Gasteiger partial charge in [-0.1, -0.05) is 38.4 Å². The second-order valence-electron chi connectivity index (χ2n) is 7.86. The van der Waals surface area contributed by atoms with Gasteiger partial charge in [0.05, 0.1) is 10.6 Å². The van der Waals surface area contributed by atoms with E-state index in [-0.39, 0.29) is 22.5 Å². The van der Waals surface area contributed by atoms with Crippen LogP contribution in [0.4, 0.5) is 5.69 Å². The molecule has 0 aromatic heterocycles. The Morgan fingerprint density at radius 2 is 1.69 bits per heavy atom. The molecule has 0 fully saturated rings. The maximum atomic E-state index is 12.8. The van der Waals surface area contributed by atoms with E-state index in [0.29, 0.717) is 17.0 Å². The zero-order valence-electron chi connectivity index (χ0n) is 16.7. The predicted octanol–water partition coefficient (Wildman–Crippen LogP) is 3.87. The van der Waals surface area contributed by atoms with Crippen LogP contribution in [0.25, 0.3) is 0 Å². The molecule has 0 bridgehead atoms. The Balaban J connectivity index is 2.35. The minimum atomic E-state index is -4.11. The van der Waals surface area contributed by atoms with Crippen molar-refractivity contribution in [2.75, 3.05) is 11.3 Å². The molecule has 0 amide bonds. The van der Waals surface area contributed by atoms with E-state index >= 15 is 0 Å². The van der Waals surface area contributed by atoms with Crippen molar-refractivity contribution in [1.82, 2.24) is 4.72 Å². The summed E-state index contributed by atoms with van der Waals surface area (Å²) < 4.78 is 55.4. The number of hydrogen-bond acceptors (Lipinski definition) is 5. The van der Waals surface area contributed by atoms with Gasteiger partial charge in [0.25, 0.3) is 10.0 Å². The van der Waals surface area contributed by atoms with E-state index in [9.17, 15) is 21.9 Å². The average molecular weight is 461 g/mol. The largest absolute Gasteiger partial charge is 0.507 e. The van der Waals surface area contributed by atoms with Gasteiger partial charge in [-0.15, -0.1) is 0 Å². The highest BCUT2D eigenvalue weighted by Crippen LogP contribution is 2.29. The summed E-state index contributed by atoms with van der Waals surface area (Å²) in [6.45, 7) is 7.72. The highest BCUT2D eigenvalue weighted by atomic mass is 35.5. The van der Waals surface area contributed by atoms with Crippen LogP contribution in [0.2, 0.25) is 5.02 Å². The van der Waals surface area contributed by atoms with Crippen molar-refractivity contribution in [3.05, 3.63) is 47.0 Å². The van der Waals surface area contributed by atoms with E-state index in [0.717, 1.165) is 18.2 Å². The number of hydrogen-bond donors (Lipinski definition) is 3. The summed E-state index contributed by atoms with van der Waals surface area (Å²) in [7, 11) is -8.21. The first kappa shape index (κ1) is 23.5. The minimum absolute atomic E-state index is 0.0888. The third-order valence-electron chi connectivity index (χ3n) is 4.21. The smallest absolute Gasteiger partial charge is 0.261 e. The molecular weight excluding hydrogens is 436 g/mol. The fourth-order valence-corrected chi connectivity index (χ4v) is 4.99. The lowest BCUT2D eigenvalue weighted by atomic mass is 9.93. The fourth-order valence-electron chi connectivity index (χ4n) is 2.44. The van der Waals surface area contributed by atoms with Crippen LogP contribution < -0.4 is 9.44 Å². The lowest BCUT2D eigenvalue weighted by molar-refractivity contribution is 0.378. The molecule has 160 valence electrons. The average Bonchev–Trinajstić information content (AvgIpc) is 2.57. The highest BCUT2D eigenvalue weighted by Gasteiger charge is 2.24. The molecule has 0 aliphatic heterocycles. The summed E-state index contributed by atoms with van der Waals surface area (Å²) in [4.78, 5) is -0.803. The third kappa shape index (κ3) is 6.08. The monoisotopic (exact) mass is 460 g/mol. The molecule has 2 rings (SSSR count). The summed E-state index contributed by atoms with van der Waals surface area (Å²) in [5, 5.41) is 10.4. The van der Waals surface area contributed by atoms with E-state index in [2.05, 4.69) is 9.44 Å². The van der Waals surface area contributed by atoms with Crippen molar-refractivity contribution >= 4 is 37.3 Å². The number of rotatable bonds is 7. The Morgan fingerprint density at radius 3 is 2.31 bits per heavy atom. The van der Waals surface area contributed by atoms with E-state index in [1.807, 2.05) is 20.8 Å². The minimum Gasteiger partial charge on any atom is -0.507 e. The Kier molecular flexibility index (Phi) is 6.89. The number of sulfonamides is 2. The molecule has 7 nitrogen and oxygen atoms in total. The van der Waals surface area contributed by atoms with Crippen LogP contribution >= 0.6 is 11.6 Å². The zero-order chi connectivity index (χ0) is 22.0. The second kappa shape index (κ2) is 8.51. The predicted molar refractivity (Wildman–Crippen MR) is 114 cm³/mol. The van der Waals surface area contributed by atoms with Crippen molar-refractivity contribution < 1.29 is 21.9 Å². The second-order valence-corrected chi connectivity index (χ2v) is 11.7. The maximum Gasteiger partial charge on any atom is 0.261 e. The topological polar surface area (TPSA) is 113 Å². The third-order valence-corrected chi connectivity index (χ3v) is 7.47. The lowest BCUT2D eigenvalue weighted by Crippen LogP contribution is -2.27. The molecule has 0 aliphatic carbocycles. The number of aromatic hydroxyl groups is 1. The van der Waals surface area contributed by atoms with E-state index in [1.54, 1.807) is 25.1 Å². The van der Waals surface area contributed by atoms with Gasteiger partial charge in [-0.2, -0.15) is 0 Å². The molecule has 0 aliphatic rings. The van der Waals surface area contributed by atoms with Gasteiger partial charge in [-0.3, -0.25) is 4.72 Å². The SMILES string of the molecule is Cc1c(Cl)cccc1NS(=O)(=O)c1ccc(O)c(S(=O)(=O)NCCC(C)(C)C)c1.